The van der Waals surface area contributed by atoms with Crippen LogP contribution in [0.3, 0.4) is 0 Å². The number of hydrogen-bond donors (Lipinski definition) is 1. The van der Waals surface area contributed by atoms with E-state index in [0.717, 1.165) is 10.2 Å². The lowest BCUT2D eigenvalue weighted by atomic mass is 10.2. The lowest BCUT2D eigenvalue weighted by molar-refractivity contribution is 0.273. The molecule has 0 aliphatic carbocycles. The molecule has 0 spiro atoms. The Morgan fingerprint density at radius 3 is 2.82 bits per heavy atom. The molecule has 3 nitrogen and oxygen atoms in total. The zero-order chi connectivity index (χ0) is 12.3. The standard InChI is InChI=1S/C12H11BrClNO2/c13-8-2-1-3-9(6-8)16-7-10(15)11-4-5-12(14)17-11/h1-6,10H,7,15H2. The number of nitrogens with two attached hydrogens (primary N) is 1. The van der Waals surface area contributed by atoms with Crippen molar-refractivity contribution in [2.75, 3.05) is 6.61 Å². The summed E-state index contributed by atoms with van der Waals surface area (Å²) in [5, 5.41) is 0.331. The largest absolute Gasteiger partial charge is 0.491 e. The highest BCUT2D eigenvalue weighted by atomic mass is 79.9. The number of furan rings is 1. The van der Waals surface area contributed by atoms with Crippen LogP contribution in [0.1, 0.15) is 11.8 Å². The number of rotatable bonds is 4. The maximum Gasteiger partial charge on any atom is 0.193 e. The van der Waals surface area contributed by atoms with Crippen molar-refractivity contribution < 1.29 is 9.15 Å². The van der Waals surface area contributed by atoms with Crippen LogP contribution in [0.15, 0.2) is 45.3 Å². The van der Waals surface area contributed by atoms with E-state index in [2.05, 4.69) is 15.9 Å². The zero-order valence-corrected chi connectivity index (χ0v) is 11.2. The van der Waals surface area contributed by atoms with Crippen LogP contribution >= 0.6 is 27.5 Å². The van der Waals surface area contributed by atoms with Crippen molar-refractivity contribution in [2.45, 2.75) is 6.04 Å². The summed E-state index contributed by atoms with van der Waals surface area (Å²) in [5.41, 5.74) is 5.91. The average molecular weight is 317 g/mol. The molecule has 17 heavy (non-hydrogen) atoms. The predicted octanol–water partition coefficient (Wildman–Crippen LogP) is 3.77. The molecule has 0 fully saturated rings. The molecule has 1 aromatic heterocycles. The first kappa shape index (κ1) is 12.5. The summed E-state index contributed by atoms with van der Waals surface area (Å²) < 4.78 is 11.7. The van der Waals surface area contributed by atoms with Gasteiger partial charge in [0.25, 0.3) is 0 Å². The highest BCUT2D eigenvalue weighted by Crippen LogP contribution is 2.21. The molecule has 0 saturated carbocycles. The Morgan fingerprint density at radius 1 is 1.35 bits per heavy atom. The molecule has 0 aliphatic rings. The van der Waals surface area contributed by atoms with E-state index in [4.69, 9.17) is 26.5 Å². The van der Waals surface area contributed by atoms with Crippen LogP contribution < -0.4 is 10.5 Å². The number of ether oxygens (including phenoxy) is 1. The maximum atomic E-state index is 5.91. The summed E-state index contributed by atoms with van der Waals surface area (Å²) in [6, 6.07) is 10.6. The minimum Gasteiger partial charge on any atom is -0.491 e. The van der Waals surface area contributed by atoms with E-state index in [1.165, 1.54) is 0 Å². The van der Waals surface area contributed by atoms with E-state index < -0.39 is 0 Å². The molecule has 1 unspecified atom stereocenters. The maximum absolute atomic E-state index is 5.91. The average Bonchev–Trinajstić information content (AvgIpc) is 2.73. The van der Waals surface area contributed by atoms with Crippen molar-refractivity contribution in [3.63, 3.8) is 0 Å². The molecular weight excluding hydrogens is 305 g/mol. The first-order valence-electron chi connectivity index (χ1n) is 5.04. The Hall–Kier alpha value is -0.970. The molecule has 2 N–H and O–H groups in total. The summed E-state index contributed by atoms with van der Waals surface area (Å²) in [5.74, 6) is 1.37. The predicted molar refractivity (Wildman–Crippen MR) is 70.3 cm³/mol. The molecule has 1 heterocycles. The van der Waals surface area contributed by atoms with Gasteiger partial charge in [-0.3, -0.25) is 0 Å². The SMILES string of the molecule is NC(COc1cccc(Br)c1)c1ccc(Cl)o1. The molecule has 0 radical (unpaired) electrons. The Balaban J connectivity index is 1.94. The van der Waals surface area contributed by atoms with Gasteiger partial charge in [-0.15, -0.1) is 0 Å². The monoisotopic (exact) mass is 315 g/mol. The van der Waals surface area contributed by atoms with E-state index in [1.807, 2.05) is 24.3 Å². The van der Waals surface area contributed by atoms with Crippen LogP contribution in [0.25, 0.3) is 0 Å². The van der Waals surface area contributed by atoms with Gasteiger partial charge >= 0.3 is 0 Å². The van der Waals surface area contributed by atoms with Gasteiger partial charge in [-0.2, -0.15) is 0 Å². The van der Waals surface area contributed by atoms with E-state index in [0.29, 0.717) is 17.6 Å². The van der Waals surface area contributed by atoms with E-state index in [-0.39, 0.29) is 6.04 Å². The van der Waals surface area contributed by atoms with Gasteiger partial charge in [0, 0.05) is 4.47 Å². The van der Waals surface area contributed by atoms with Crippen LogP contribution in [0.5, 0.6) is 5.75 Å². The van der Waals surface area contributed by atoms with Gasteiger partial charge in [-0.05, 0) is 41.9 Å². The van der Waals surface area contributed by atoms with Gasteiger partial charge in [0.05, 0.1) is 6.04 Å². The Bertz CT molecular complexity index is 501. The zero-order valence-electron chi connectivity index (χ0n) is 8.90. The fourth-order valence-corrected chi connectivity index (χ4v) is 1.88. The topological polar surface area (TPSA) is 48.4 Å². The second-order valence-electron chi connectivity index (χ2n) is 3.52. The fraction of sp³-hybridized carbons (Fsp3) is 0.167. The Kier molecular flexibility index (Phi) is 4.10. The summed E-state index contributed by atoms with van der Waals surface area (Å²) in [6.07, 6.45) is 0. The molecule has 0 amide bonds. The van der Waals surface area contributed by atoms with Crippen molar-refractivity contribution in [2.24, 2.45) is 5.73 Å². The van der Waals surface area contributed by atoms with E-state index >= 15 is 0 Å². The van der Waals surface area contributed by atoms with Gasteiger partial charge in [-0.25, -0.2) is 0 Å². The molecule has 2 aromatic rings. The third-order valence-electron chi connectivity index (χ3n) is 2.19. The van der Waals surface area contributed by atoms with Gasteiger partial charge in [0.15, 0.2) is 5.22 Å². The molecule has 0 saturated heterocycles. The third kappa shape index (κ3) is 3.49. The third-order valence-corrected chi connectivity index (χ3v) is 2.88. The van der Waals surface area contributed by atoms with Crippen LogP contribution in [0, 0.1) is 0 Å². The molecule has 0 aliphatic heterocycles. The minimum atomic E-state index is -0.332. The van der Waals surface area contributed by atoms with Crippen LogP contribution in [-0.4, -0.2) is 6.61 Å². The second kappa shape index (κ2) is 5.58. The molecular formula is C12H11BrClNO2. The quantitative estimate of drug-likeness (QED) is 0.934. The Morgan fingerprint density at radius 2 is 2.18 bits per heavy atom. The summed E-state index contributed by atoms with van der Waals surface area (Å²) >= 11 is 9.04. The van der Waals surface area contributed by atoms with Crippen molar-refractivity contribution in [1.82, 2.24) is 0 Å². The fourth-order valence-electron chi connectivity index (χ4n) is 1.35. The molecule has 1 aromatic carbocycles. The summed E-state index contributed by atoms with van der Waals surface area (Å²) in [4.78, 5) is 0. The van der Waals surface area contributed by atoms with E-state index in [9.17, 15) is 0 Å². The van der Waals surface area contributed by atoms with Crippen molar-refractivity contribution in [3.8, 4) is 5.75 Å². The highest BCUT2D eigenvalue weighted by molar-refractivity contribution is 9.10. The number of hydrogen-bond acceptors (Lipinski definition) is 3. The van der Waals surface area contributed by atoms with Crippen molar-refractivity contribution in [1.29, 1.82) is 0 Å². The summed E-state index contributed by atoms with van der Waals surface area (Å²) in [7, 11) is 0. The van der Waals surface area contributed by atoms with E-state index in [1.54, 1.807) is 12.1 Å². The summed E-state index contributed by atoms with van der Waals surface area (Å²) in [6.45, 7) is 0.334. The first-order chi connectivity index (χ1) is 8.15. The lowest BCUT2D eigenvalue weighted by Gasteiger charge is -2.11. The molecule has 90 valence electrons. The van der Waals surface area contributed by atoms with Crippen LogP contribution in [0.4, 0.5) is 0 Å². The smallest absolute Gasteiger partial charge is 0.193 e. The van der Waals surface area contributed by atoms with Gasteiger partial charge in [0.1, 0.15) is 18.1 Å². The normalized spacial score (nSPS) is 12.4. The van der Waals surface area contributed by atoms with Crippen molar-refractivity contribution >= 4 is 27.5 Å². The molecule has 1 atom stereocenters. The number of benzene rings is 1. The highest BCUT2D eigenvalue weighted by Gasteiger charge is 2.11. The second-order valence-corrected chi connectivity index (χ2v) is 4.80. The molecule has 2 rings (SSSR count). The minimum absolute atomic E-state index is 0.331. The Labute approximate surface area is 113 Å². The van der Waals surface area contributed by atoms with Gasteiger partial charge in [0.2, 0.25) is 0 Å². The van der Waals surface area contributed by atoms with Crippen LogP contribution in [-0.2, 0) is 0 Å². The van der Waals surface area contributed by atoms with Crippen LogP contribution in [0.2, 0.25) is 5.22 Å². The van der Waals surface area contributed by atoms with Crippen molar-refractivity contribution in [3.05, 3.63) is 51.9 Å². The van der Waals surface area contributed by atoms with Gasteiger partial charge in [-0.1, -0.05) is 22.0 Å². The number of halogens is 2. The first-order valence-corrected chi connectivity index (χ1v) is 6.21. The molecule has 0 bridgehead atoms. The lowest BCUT2D eigenvalue weighted by Crippen LogP contribution is -2.18. The van der Waals surface area contributed by atoms with Gasteiger partial charge < -0.3 is 14.9 Å². The molecule has 5 heteroatoms.